The molecule has 0 bridgehead atoms. The molecular formula is C9H16N3O2+. The van der Waals surface area contributed by atoms with Gasteiger partial charge in [-0.05, 0) is 6.08 Å². The molecule has 2 amide bonds. The highest BCUT2D eigenvalue weighted by Crippen LogP contribution is 1.72. The van der Waals surface area contributed by atoms with Gasteiger partial charge in [0.2, 0.25) is 5.91 Å². The Morgan fingerprint density at radius 1 is 1.50 bits per heavy atom. The molecule has 0 aromatic rings. The lowest BCUT2D eigenvalue weighted by Crippen LogP contribution is -3.06. The number of carbonyl (C=O) groups excluding carboxylic acids is 2. The molecule has 0 radical (unpaired) electrons. The van der Waals surface area contributed by atoms with E-state index in [4.69, 9.17) is 0 Å². The maximum atomic E-state index is 11.0. The molecule has 0 heterocycles. The highest BCUT2D eigenvalue weighted by molar-refractivity contribution is 5.92. The Hall–Kier alpha value is -1.49. The van der Waals surface area contributed by atoms with E-state index in [1.807, 2.05) is 14.1 Å². The second kappa shape index (κ2) is 6.97. The minimum absolute atomic E-state index is 0.0793. The van der Waals surface area contributed by atoms with Gasteiger partial charge < -0.3 is 10.2 Å². The fourth-order valence-electron chi connectivity index (χ4n) is 0.611. The molecule has 78 valence electrons. The SMILES string of the molecule is C=CC(=O)NCC(=O)N=CC[NH+](C)C. The van der Waals surface area contributed by atoms with Crippen molar-refractivity contribution in [2.75, 3.05) is 27.2 Å². The van der Waals surface area contributed by atoms with Crippen LogP contribution in [0.3, 0.4) is 0 Å². The van der Waals surface area contributed by atoms with Crippen LogP contribution in [0, 0.1) is 0 Å². The van der Waals surface area contributed by atoms with Crippen LogP contribution in [0.5, 0.6) is 0 Å². The van der Waals surface area contributed by atoms with Gasteiger partial charge in [0.05, 0.1) is 26.9 Å². The number of amides is 2. The maximum Gasteiger partial charge on any atom is 0.264 e. The van der Waals surface area contributed by atoms with E-state index in [1.54, 1.807) is 0 Å². The molecule has 0 aliphatic carbocycles. The molecule has 0 atom stereocenters. The summed E-state index contributed by atoms with van der Waals surface area (Å²) in [7, 11) is 3.91. The molecule has 0 aromatic carbocycles. The van der Waals surface area contributed by atoms with Gasteiger partial charge in [0, 0.05) is 0 Å². The lowest BCUT2D eigenvalue weighted by Gasteiger charge is -2.00. The van der Waals surface area contributed by atoms with Gasteiger partial charge in [0.1, 0.15) is 6.54 Å². The van der Waals surface area contributed by atoms with Crippen LogP contribution in [-0.2, 0) is 9.59 Å². The molecule has 0 fully saturated rings. The molecule has 0 saturated carbocycles. The Labute approximate surface area is 83.5 Å². The van der Waals surface area contributed by atoms with Crippen molar-refractivity contribution < 1.29 is 14.5 Å². The molecule has 0 aliphatic rings. The predicted octanol–water partition coefficient (Wildman–Crippen LogP) is -1.97. The Morgan fingerprint density at radius 2 is 2.14 bits per heavy atom. The predicted molar refractivity (Wildman–Crippen MR) is 54.4 cm³/mol. The number of nitrogens with one attached hydrogen (secondary N) is 2. The van der Waals surface area contributed by atoms with Gasteiger partial charge in [-0.1, -0.05) is 6.58 Å². The number of hydrogen-bond donors (Lipinski definition) is 2. The van der Waals surface area contributed by atoms with E-state index in [9.17, 15) is 9.59 Å². The minimum atomic E-state index is -0.369. The normalized spacial score (nSPS) is 10.5. The number of carbonyl (C=O) groups is 2. The first-order valence-corrected chi connectivity index (χ1v) is 4.31. The van der Waals surface area contributed by atoms with Gasteiger partial charge in [-0.15, -0.1) is 0 Å². The van der Waals surface area contributed by atoms with E-state index < -0.39 is 0 Å². The van der Waals surface area contributed by atoms with E-state index in [0.717, 1.165) is 6.08 Å². The lowest BCUT2D eigenvalue weighted by atomic mass is 10.5. The second-order valence-electron chi connectivity index (χ2n) is 3.04. The van der Waals surface area contributed by atoms with Crippen LogP contribution in [0.25, 0.3) is 0 Å². The van der Waals surface area contributed by atoms with E-state index in [2.05, 4.69) is 16.9 Å². The van der Waals surface area contributed by atoms with Crippen LogP contribution >= 0.6 is 0 Å². The van der Waals surface area contributed by atoms with Crippen LogP contribution < -0.4 is 10.2 Å². The molecule has 0 aliphatic heterocycles. The number of rotatable bonds is 5. The monoisotopic (exact) mass is 198 g/mol. The van der Waals surface area contributed by atoms with Gasteiger partial charge in [-0.2, -0.15) is 0 Å². The zero-order valence-electron chi connectivity index (χ0n) is 8.54. The quantitative estimate of drug-likeness (QED) is 0.397. The largest absolute Gasteiger partial charge is 0.343 e. The van der Waals surface area contributed by atoms with Crippen LogP contribution in [-0.4, -0.2) is 45.2 Å². The van der Waals surface area contributed by atoms with Gasteiger partial charge >= 0.3 is 0 Å². The first-order chi connectivity index (χ1) is 6.56. The lowest BCUT2D eigenvalue weighted by molar-refractivity contribution is -0.847. The summed E-state index contributed by atoms with van der Waals surface area (Å²) in [6, 6.07) is 0. The number of quaternary nitrogens is 1. The smallest absolute Gasteiger partial charge is 0.264 e. The summed E-state index contributed by atoms with van der Waals surface area (Å²) in [5.74, 6) is -0.728. The van der Waals surface area contributed by atoms with Crippen LogP contribution in [0.1, 0.15) is 0 Å². The Balaban J connectivity index is 3.70. The van der Waals surface area contributed by atoms with Crippen molar-refractivity contribution in [2.45, 2.75) is 0 Å². The van der Waals surface area contributed by atoms with Crippen LogP contribution in [0.15, 0.2) is 17.6 Å². The summed E-state index contributed by atoms with van der Waals surface area (Å²) in [5, 5.41) is 2.34. The average Bonchev–Trinajstić information content (AvgIpc) is 2.13. The minimum Gasteiger partial charge on any atom is -0.343 e. The van der Waals surface area contributed by atoms with E-state index in [1.165, 1.54) is 11.1 Å². The zero-order chi connectivity index (χ0) is 11.0. The molecule has 0 saturated heterocycles. The van der Waals surface area contributed by atoms with Gasteiger partial charge in [0.25, 0.3) is 5.91 Å². The molecule has 2 N–H and O–H groups in total. The highest BCUT2D eigenvalue weighted by Gasteiger charge is 1.99. The van der Waals surface area contributed by atoms with E-state index in [-0.39, 0.29) is 18.4 Å². The molecule has 14 heavy (non-hydrogen) atoms. The summed E-state index contributed by atoms with van der Waals surface area (Å²) < 4.78 is 0. The third kappa shape index (κ3) is 7.17. The van der Waals surface area contributed by atoms with Crippen molar-refractivity contribution in [2.24, 2.45) is 4.99 Å². The summed E-state index contributed by atoms with van der Waals surface area (Å²) in [6.45, 7) is 3.86. The second-order valence-corrected chi connectivity index (χ2v) is 3.04. The molecular weight excluding hydrogens is 182 g/mol. The van der Waals surface area contributed by atoms with E-state index in [0.29, 0.717) is 6.54 Å². The van der Waals surface area contributed by atoms with Crippen molar-refractivity contribution in [3.63, 3.8) is 0 Å². The van der Waals surface area contributed by atoms with Crippen molar-refractivity contribution in [1.82, 2.24) is 5.32 Å². The van der Waals surface area contributed by atoms with Crippen molar-refractivity contribution in [1.29, 1.82) is 0 Å². The molecule has 0 unspecified atom stereocenters. The number of aliphatic imine (C=N–C) groups is 1. The summed E-state index contributed by atoms with van der Waals surface area (Å²) in [4.78, 5) is 26.5. The third-order valence-electron chi connectivity index (χ3n) is 1.33. The molecule has 5 heteroatoms. The fourth-order valence-corrected chi connectivity index (χ4v) is 0.611. The third-order valence-corrected chi connectivity index (χ3v) is 1.33. The number of hydrogen-bond acceptors (Lipinski definition) is 2. The first kappa shape index (κ1) is 12.5. The molecule has 0 rings (SSSR count). The first-order valence-electron chi connectivity index (χ1n) is 4.31. The van der Waals surface area contributed by atoms with Gasteiger partial charge in [-0.25, -0.2) is 4.99 Å². The highest BCUT2D eigenvalue weighted by atomic mass is 16.2. The Morgan fingerprint density at radius 3 is 2.64 bits per heavy atom. The summed E-state index contributed by atoms with van der Waals surface area (Å²) in [5.41, 5.74) is 0. The topological polar surface area (TPSA) is 63.0 Å². The summed E-state index contributed by atoms with van der Waals surface area (Å²) in [6.07, 6.45) is 2.65. The maximum absolute atomic E-state index is 11.0. The van der Waals surface area contributed by atoms with Crippen molar-refractivity contribution in [3.05, 3.63) is 12.7 Å². The molecule has 5 nitrogen and oxygen atoms in total. The average molecular weight is 198 g/mol. The van der Waals surface area contributed by atoms with Gasteiger partial charge in [-0.3, -0.25) is 9.59 Å². The zero-order valence-corrected chi connectivity index (χ0v) is 8.54. The van der Waals surface area contributed by atoms with Crippen molar-refractivity contribution in [3.8, 4) is 0 Å². The van der Waals surface area contributed by atoms with Crippen molar-refractivity contribution >= 4 is 18.0 Å². The standard InChI is InChI=1S/C9H15N3O2/c1-4-8(13)11-7-9(14)10-5-6-12(2)3/h4-5H,1,6-7H2,2-3H3,(H,11,13)/p+1. The van der Waals surface area contributed by atoms with E-state index >= 15 is 0 Å². The number of nitrogens with zero attached hydrogens (tertiary/aromatic N) is 1. The Kier molecular flexibility index (Phi) is 6.22. The summed E-state index contributed by atoms with van der Waals surface area (Å²) >= 11 is 0. The van der Waals surface area contributed by atoms with Gasteiger partial charge in [0.15, 0.2) is 0 Å². The molecule has 0 aromatic heterocycles. The van der Waals surface area contributed by atoms with Crippen LogP contribution in [0.4, 0.5) is 0 Å². The fraction of sp³-hybridized carbons (Fsp3) is 0.444. The Bertz CT molecular complexity index is 246. The molecule has 0 spiro atoms. The van der Waals surface area contributed by atoms with Crippen LogP contribution in [0.2, 0.25) is 0 Å².